The van der Waals surface area contributed by atoms with E-state index in [1.54, 1.807) is 0 Å². The van der Waals surface area contributed by atoms with Crippen LogP contribution >= 0.6 is 0 Å². The number of hydrogen-bond donors (Lipinski definition) is 4. The Morgan fingerprint density at radius 3 is 2.70 bits per heavy atom. The number of aliphatic hydroxyl groups is 3. The first-order valence-corrected chi connectivity index (χ1v) is 13.4. The molecule has 2 bridgehead atoms. The molecule has 1 saturated carbocycles. The van der Waals surface area contributed by atoms with Crippen molar-refractivity contribution in [3.05, 3.63) is 47.3 Å². The number of rotatable bonds is 2. The fourth-order valence-electron chi connectivity index (χ4n) is 8.83. The molecule has 5 aliphatic rings. The van der Waals surface area contributed by atoms with E-state index in [2.05, 4.69) is 35.1 Å². The minimum absolute atomic E-state index is 0.0366. The lowest BCUT2D eigenvalue weighted by molar-refractivity contribution is -0.308. The number of halogens is 1. The summed E-state index contributed by atoms with van der Waals surface area (Å²) in [6.45, 7) is 4.22. The van der Waals surface area contributed by atoms with Crippen LogP contribution in [0, 0.1) is 18.3 Å². The van der Waals surface area contributed by atoms with Crippen LogP contribution < -0.4 is 0 Å². The van der Waals surface area contributed by atoms with Gasteiger partial charge in [0, 0.05) is 17.4 Å². The van der Waals surface area contributed by atoms with E-state index in [0.29, 0.717) is 24.8 Å². The number of aryl methyl sites for hydroxylation is 1. The molecule has 8 heteroatoms. The predicted octanol–water partition coefficient (Wildman–Crippen LogP) is 3.04. The summed E-state index contributed by atoms with van der Waals surface area (Å²) in [4.78, 5) is 9.70. The van der Waals surface area contributed by atoms with E-state index in [4.69, 9.17) is 4.74 Å². The van der Waals surface area contributed by atoms with Crippen LogP contribution in [0.3, 0.4) is 0 Å². The maximum atomic E-state index is 17.0. The van der Waals surface area contributed by atoms with E-state index in [-0.39, 0.29) is 17.8 Å². The van der Waals surface area contributed by atoms with Crippen LogP contribution in [0.25, 0.3) is 16.6 Å². The molecule has 2 aliphatic heterocycles. The third kappa shape index (κ3) is 2.71. The van der Waals surface area contributed by atoms with Gasteiger partial charge in [0.15, 0.2) is 5.67 Å². The average Bonchev–Trinajstić information content (AvgIpc) is 3.51. The number of aliphatic hydroxyl groups excluding tert-OH is 3. The number of nitrogens with one attached hydrogen (secondary N) is 1. The summed E-state index contributed by atoms with van der Waals surface area (Å²) >= 11 is 0. The van der Waals surface area contributed by atoms with E-state index < -0.39 is 41.2 Å². The first-order valence-electron chi connectivity index (χ1n) is 13.4. The summed E-state index contributed by atoms with van der Waals surface area (Å²) in [5.74, 6) is 0.918. The molecule has 37 heavy (non-hydrogen) atoms. The van der Waals surface area contributed by atoms with Crippen LogP contribution in [0.1, 0.15) is 50.4 Å². The number of aromatic amines is 1. The second-order valence-corrected chi connectivity index (χ2v) is 12.6. The minimum atomic E-state index is -2.46. The second-order valence-electron chi connectivity index (χ2n) is 12.6. The highest BCUT2D eigenvalue weighted by molar-refractivity contribution is 5.83. The molecule has 2 aromatic rings. The molecule has 9 unspecified atom stereocenters. The lowest BCUT2D eigenvalue weighted by atomic mass is 9.55. The zero-order chi connectivity index (χ0) is 26.1. The van der Waals surface area contributed by atoms with Crippen LogP contribution in [0.5, 0.6) is 0 Å². The highest BCUT2D eigenvalue weighted by Gasteiger charge is 2.79. The van der Waals surface area contributed by atoms with Crippen molar-refractivity contribution in [1.29, 1.82) is 0 Å². The van der Waals surface area contributed by atoms with Crippen molar-refractivity contribution in [2.45, 2.75) is 87.2 Å². The van der Waals surface area contributed by atoms with Gasteiger partial charge in [-0.2, -0.15) is 0 Å². The molecule has 198 valence electrons. The SMILES string of the molecule is Cc1nc2ccc(C3=CCC4C3(C)CC=C3C(O)C5(F)C(O)C(O)C(N(C)C)CC56CCC34O6)cc2[nH]1. The van der Waals surface area contributed by atoms with Gasteiger partial charge in [0.1, 0.15) is 23.6 Å². The normalized spacial score (nSPS) is 46.5. The van der Waals surface area contributed by atoms with Crippen LogP contribution in [0.2, 0.25) is 0 Å². The zero-order valence-corrected chi connectivity index (χ0v) is 21.8. The molecule has 1 aromatic carbocycles. The molecule has 7 nitrogen and oxygen atoms in total. The van der Waals surface area contributed by atoms with E-state index in [1.165, 1.54) is 5.57 Å². The van der Waals surface area contributed by atoms with Crippen molar-refractivity contribution in [1.82, 2.24) is 14.9 Å². The molecule has 3 aliphatic carbocycles. The lowest BCUT2D eigenvalue weighted by Gasteiger charge is -2.62. The smallest absolute Gasteiger partial charge is 0.197 e. The molecule has 3 fully saturated rings. The Morgan fingerprint density at radius 2 is 1.95 bits per heavy atom. The van der Waals surface area contributed by atoms with Crippen molar-refractivity contribution in [2.75, 3.05) is 14.1 Å². The number of hydrogen-bond acceptors (Lipinski definition) is 6. The number of ether oxygens (including phenoxy) is 1. The summed E-state index contributed by atoms with van der Waals surface area (Å²) in [5.41, 5.74) is 0.0188. The first kappa shape index (κ1) is 24.0. The fraction of sp³-hybridized carbons (Fsp3) is 0.621. The van der Waals surface area contributed by atoms with Gasteiger partial charge in [0.05, 0.1) is 22.7 Å². The summed E-state index contributed by atoms with van der Waals surface area (Å²) in [5, 5.41) is 33.6. The molecular formula is C29H36FN3O4. The molecular weight excluding hydrogens is 473 g/mol. The van der Waals surface area contributed by atoms with Gasteiger partial charge in [-0.15, -0.1) is 0 Å². The number of nitrogens with zero attached hydrogens (tertiary/aromatic N) is 2. The van der Waals surface area contributed by atoms with Crippen molar-refractivity contribution in [3.8, 4) is 0 Å². The molecule has 1 aromatic heterocycles. The molecule has 4 N–H and O–H groups in total. The number of aromatic nitrogens is 2. The monoisotopic (exact) mass is 509 g/mol. The molecule has 9 atom stereocenters. The largest absolute Gasteiger partial charge is 0.389 e. The van der Waals surface area contributed by atoms with Gasteiger partial charge in [-0.3, -0.25) is 0 Å². The molecule has 3 heterocycles. The average molecular weight is 510 g/mol. The maximum absolute atomic E-state index is 17.0. The topological polar surface area (TPSA) is 102 Å². The van der Waals surface area contributed by atoms with E-state index in [9.17, 15) is 15.3 Å². The van der Waals surface area contributed by atoms with Gasteiger partial charge in [-0.1, -0.05) is 25.1 Å². The second kappa shape index (κ2) is 7.30. The minimum Gasteiger partial charge on any atom is -0.389 e. The van der Waals surface area contributed by atoms with Crippen LogP contribution in [0.15, 0.2) is 35.9 Å². The van der Waals surface area contributed by atoms with Crippen molar-refractivity contribution >= 4 is 16.6 Å². The highest BCUT2D eigenvalue weighted by Crippen LogP contribution is 2.70. The number of imidazole rings is 1. The van der Waals surface area contributed by atoms with Gasteiger partial charge in [-0.05, 0) is 82.0 Å². The standard InChI is InChI=1S/C29H36FN3O4/c1-15-31-19-7-5-16(13-20(19)32-15)17-6-8-22-26(17,2)10-9-18-24(35)29(30)25(36)23(34)21(33(3)4)14-27(29)11-12-28(18,22)37-27/h5-7,9,13,21-25,34-36H,8,10-12,14H2,1-4H3,(H,31,32). The van der Waals surface area contributed by atoms with Gasteiger partial charge in [0.2, 0.25) is 0 Å². The number of benzene rings is 1. The molecule has 0 radical (unpaired) electrons. The van der Waals surface area contributed by atoms with Gasteiger partial charge >= 0.3 is 0 Å². The molecule has 2 saturated heterocycles. The van der Waals surface area contributed by atoms with E-state index >= 15 is 4.39 Å². The van der Waals surface area contributed by atoms with Gasteiger partial charge in [0.25, 0.3) is 0 Å². The maximum Gasteiger partial charge on any atom is 0.197 e. The van der Waals surface area contributed by atoms with E-state index in [0.717, 1.165) is 28.8 Å². The lowest BCUT2D eigenvalue weighted by Crippen LogP contribution is -2.78. The highest BCUT2D eigenvalue weighted by atomic mass is 19.1. The molecule has 0 amide bonds. The Balaban J connectivity index is 1.32. The van der Waals surface area contributed by atoms with Gasteiger partial charge in [-0.25, -0.2) is 9.37 Å². The fourth-order valence-corrected chi connectivity index (χ4v) is 8.83. The number of allylic oxidation sites excluding steroid dienone is 3. The summed E-state index contributed by atoms with van der Waals surface area (Å²) in [7, 11) is 3.64. The van der Waals surface area contributed by atoms with Crippen molar-refractivity contribution < 1.29 is 24.4 Å². The summed E-state index contributed by atoms with van der Waals surface area (Å²) in [6, 6.07) is 5.86. The molecule has 7 rings (SSSR count). The zero-order valence-electron chi connectivity index (χ0n) is 21.8. The van der Waals surface area contributed by atoms with Crippen LogP contribution in [-0.4, -0.2) is 85.5 Å². The quantitative estimate of drug-likeness (QED) is 0.465. The van der Waals surface area contributed by atoms with Crippen molar-refractivity contribution in [2.24, 2.45) is 11.3 Å². The predicted molar refractivity (Wildman–Crippen MR) is 137 cm³/mol. The third-order valence-corrected chi connectivity index (χ3v) is 10.7. The first-order chi connectivity index (χ1) is 17.5. The number of H-pyrrole nitrogens is 1. The Morgan fingerprint density at radius 1 is 1.16 bits per heavy atom. The van der Waals surface area contributed by atoms with Crippen LogP contribution in [-0.2, 0) is 4.74 Å². The summed E-state index contributed by atoms with van der Waals surface area (Å²) in [6.07, 6.45) is 2.31. The van der Waals surface area contributed by atoms with Crippen LogP contribution in [0.4, 0.5) is 4.39 Å². The molecule has 2 spiro atoms. The Hall–Kier alpha value is -2.10. The van der Waals surface area contributed by atoms with Gasteiger partial charge < -0.3 is 29.9 Å². The Kier molecular flexibility index (Phi) is 4.73. The summed E-state index contributed by atoms with van der Waals surface area (Å²) < 4.78 is 23.9. The third-order valence-electron chi connectivity index (χ3n) is 10.7. The number of fused-ring (bicyclic) bond motifs is 2. The Bertz CT molecular complexity index is 1370. The number of likely N-dealkylation sites (N-methyl/N-ethyl adjacent to an activating group) is 1. The van der Waals surface area contributed by atoms with Crippen molar-refractivity contribution in [3.63, 3.8) is 0 Å². The van der Waals surface area contributed by atoms with E-state index in [1.807, 2.05) is 38.1 Å². The Labute approximate surface area is 216 Å². The number of alkyl halides is 1.